The van der Waals surface area contributed by atoms with Crippen LogP contribution in [0.3, 0.4) is 0 Å². The molecule has 1 aliphatic rings. The number of aromatic nitrogens is 3. The van der Waals surface area contributed by atoms with Gasteiger partial charge in [0, 0.05) is 23.6 Å². The quantitative estimate of drug-likeness (QED) is 0.407. The number of para-hydroxylation sites is 1. The minimum absolute atomic E-state index is 0.131. The summed E-state index contributed by atoms with van der Waals surface area (Å²) < 4.78 is 0. The molecule has 0 saturated heterocycles. The van der Waals surface area contributed by atoms with E-state index in [2.05, 4.69) is 20.5 Å². The standard InChI is InChI=1S/C25H22N6O3/c1-25(28-14-22(26)32)19-8-4-5-9-21(19)31(24(25)34)16-10-15(12-27-13-16)11-20-17-6-2-3-7-18(17)23(33)30-29-20/h2-10,12-13,28H,11,14H2,1H3,(H2,26,32)(H,30,33). The van der Waals surface area contributed by atoms with Crippen molar-refractivity contribution in [2.24, 2.45) is 5.73 Å². The third-order valence-electron chi connectivity index (χ3n) is 6.12. The minimum Gasteiger partial charge on any atom is -0.369 e. The third-order valence-corrected chi connectivity index (χ3v) is 6.12. The summed E-state index contributed by atoms with van der Waals surface area (Å²) >= 11 is 0. The molecule has 1 aliphatic heterocycles. The lowest BCUT2D eigenvalue weighted by atomic mass is 9.93. The van der Waals surface area contributed by atoms with Gasteiger partial charge in [-0.05, 0) is 30.7 Å². The summed E-state index contributed by atoms with van der Waals surface area (Å²) in [5.41, 5.74) is 7.54. The number of aromatic amines is 1. The number of carbonyl (C=O) groups is 2. The number of amides is 2. The Hall–Kier alpha value is -4.37. The highest BCUT2D eigenvalue weighted by Crippen LogP contribution is 2.44. The summed E-state index contributed by atoms with van der Waals surface area (Å²) in [5.74, 6) is -0.782. The second-order valence-electron chi connectivity index (χ2n) is 8.38. The highest BCUT2D eigenvalue weighted by atomic mass is 16.2. The van der Waals surface area contributed by atoms with Crippen molar-refractivity contribution >= 4 is 34.0 Å². The number of primary amides is 1. The molecule has 5 rings (SSSR count). The van der Waals surface area contributed by atoms with Gasteiger partial charge in [-0.25, -0.2) is 5.10 Å². The van der Waals surface area contributed by atoms with Gasteiger partial charge >= 0.3 is 0 Å². The number of carbonyl (C=O) groups excluding carboxylic acids is 2. The fraction of sp³-hybridized carbons (Fsp3) is 0.160. The Bertz CT molecular complexity index is 1500. The largest absolute Gasteiger partial charge is 0.369 e. The Kier molecular flexibility index (Phi) is 5.18. The number of hydrogen-bond donors (Lipinski definition) is 3. The van der Waals surface area contributed by atoms with Gasteiger partial charge in [0.25, 0.3) is 11.5 Å². The molecule has 4 N–H and O–H groups in total. The second-order valence-corrected chi connectivity index (χ2v) is 8.38. The number of nitrogens with zero attached hydrogens (tertiary/aromatic N) is 3. The van der Waals surface area contributed by atoms with Crippen molar-refractivity contribution in [2.45, 2.75) is 18.9 Å². The summed E-state index contributed by atoms with van der Waals surface area (Å²) in [5, 5.41) is 11.1. The Morgan fingerprint density at radius 3 is 2.62 bits per heavy atom. The van der Waals surface area contributed by atoms with Crippen LogP contribution in [0.4, 0.5) is 11.4 Å². The molecular formula is C25H22N6O3. The molecule has 1 unspecified atom stereocenters. The van der Waals surface area contributed by atoms with E-state index in [4.69, 9.17) is 5.73 Å². The summed E-state index contributed by atoms with van der Waals surface area (Å²) in [7, 11) is 0. The minimum atomic E-state index is -1.11. The van der Waals surface area contributed by atoms with Crippen LogP contribution >= 0.6 is 0 Å². The van der Waals surface area contributed by atoms with Crippen LogP contribution in [-0.2, 0) is 21.5 Å². The molecule has 2 aromatic heterocycles. The molecule has 0 fully saturated rings. The Balaban J connectivity index is 1.53. The predicted molar refractivity (Wildman–Crippen MR) is 128 cm³/mol. The van der Waals surface area contributed by atoms with E-state index >= 15 is 0 Å². The molecule has 1 atom stereocenters. The molecule has 0 spiro atoms. The first kappa shape index (κ1) is 21.5. The van der Waals surface area contributed by atoms with E-state index in [9.17, 15) is 14.4 Å². The molecule has 3 heterocycles. The predicted octanol–water partition coefficient (Wildman–Crippen LogP) is 1.88. The average Bonchev–Trinajstić information content (AvgIpc) is 3.07. The first-order valence-corrected chi connectivity index (χ1v) is 10.8. The molecule has 2 amide bonds. The first-order chi connectivity index (χ1) is 16.4. The topological polar surface area (TPSA) is 134 Å². The van der Waals surface area contributed by atoms with Gasteiger partial charge < -0.3 is 5.73 Å². The van der Waals surface area contributed by atoms with Gasteiger partial charge in [-0.15, -0.1) is 0 Å². The lowest BCUT2D eigenvalue weighted by molar-refractivity contribution is -0.123. The molecule has 0 aliphatic carbocycles. The number of nitrogens with one attached hydrogen (secondary N) is 2. The zero-order valence-corrected chi connectivity index (χ0v) is 18.4. The van der Waals surface area contributed by atoms with Gasteiger partial charge in [0.15, 0.2) is 0 Å². The Labute approximate surface area is 194 Å². The molecule has 0 saturated carbocycles. The Morgan fingerprint density at radius 1 is 1.09 bits per heavy atom. The molecule has 9 nitrogen and oxygen atoms in total. The van der Waals surface area contributed by atoms with Crippen molar-refractivity contribution < 1.29 is 9.59 Å². The number of benzene rings is 2. The van der Waals surface area contributed by atoms with Crippen LogP contribution in [-0.4, -0.2) is 33.5 Å². The van der Waals surface area contributed by atoms with E-state index in [1.165, 1.54) is 0 Å². The summed E-state index contributed by atoms with van der Waals surface area (Å²) in [4.78, 5) is 43.1. The van der Waals surface area contributed by atoms with Gasteiger partial charge in [-0.1, -0.05) is 36.4 Å². The molecule has 34 heavy (non-hydrogen) atoms. The van der Waals surface area contributed by atoms with Gasteiger partial charge in [-0.2, -0.15) is 5.10 Å². The van der Waals surface area contributed by atoms with E-state index in [1.54, 1.807) is 30.3 Å². The third kappa shape index (κ3) is 3.52. The zero-order valence-electron chi connectivity index (χ0n) is 18.4. The maximum atomic E-state index is 13.6. The summed E-state index contributed by atoms with van der Waals surface area (Å²) in [6.07, 6.45) is 3.75. The number of hydrogen-bond acceptors (Lipinski definition) is 6. The average molecular weight is 454 g/mol. The van der Waals surface area contributed by atoms with Crippen LogP contribution in [0.2, 0.25) is 0 Å². The van der Waals surface area contributed by atoms with Crippen molar-refractivity contribution in [3.05, 3.63) is 94.2 Å². The van der Waals surface area contributed by atoms with Crippen molar-refractivity contribution in [1.29, 1.82) is 0 Å². The van der Waals surface area contributed by atoms with Crippen molar-refractivity contribution in [2.75, 3.05) is 11.4 Å². The number of rotatable bonds is 6. The molecule has 170 valence electrons. The molecule has 9 heteroatoms. The highest BCUT2D eigenvalue weighted by Gasteiger charge is 2.48. The second kappa shape index (κ2) is 8.20. The fourth-order valence-electron chi connectivity index (χ4n) is 4.42. The first-order valence-electron chi connectivity index (χ1n) is 10.8. The lowest BCUT2D eigenvalue weighted by Gasteiger charge is -2.25. The highest BCUT2D eigenvalue weighted by molar-refractivity contribution is 6.12. The zero-order chi connectivity index (χ0) is 23.9. The molecule has 0 bridgehead atoms. The van der Waals surface area contributed by atoms with E-state index in [-0.39, 0.29) is 18.0 Å². The van der Waals surface area contributed by atoms with Crippen LogP contribution in [0.25, 0.3) is 10.8 Å². The van der Waals surface area contributed by atoms with Gasteiger partial charge in [-0.3, -0.25) is 29.6 Å². The smallest absolute Gasteiger partial charge is 0.272 e. The Morgan fingerprint density at radius 2 is 1.82 bits per heavy atom. The molecular weight excluding hydrogens is 432 g/mol. The SMILES string of the molecule is CC1(NCC(N)=O)C(=O)N(c2cncc(Cc3n[nH]c(=O)c4ccccc34)c2)c2ccccc21. The number of pyridine rings is 1. The van der Waals surface area contributed by atoms with Crippen LogP contribution in [0.1, 0.15) is 23.7 Å². The normalized spacial score (nSPS) is 17.2. The monoisotopic (exact) mass is 454 g/mol. The number of fused-ring (bicyclic) bond motifs is 2. The molecule has 2 aromatic carbocycles. The van der Waals surface area contributed by atoms with Crippen molar-refractivity contribution in [3.63, 3.8) is 0 Å². The summed E-state index contributed by atoms with van der Waals surface area (Å²) in [6.45, 7) is 1.61. The lowest BCUT2D eigenvalue weighted by Crippen LogP contribution is -2.50. The van der Waals surface area contributed by atoms with Crippen LogP contribution < -0.4 is 21.5 Å². The van der Waals surface area contributed by atoms with Crippen LogP contribution in [0.5, 0.6) is 0 Å². The van der Waals surface area contributed by atoms with Gasteiger partial charge in [0.05, 0.1) is 35.2 Å². The number of anilines is 2. The maximum absolute atomic E-state index is 13.6. The number of H-pyrrole nitrogens is 1. The summed E-state index contributed by atoms with van der Waals surface area (Å²) in [6, 6.07) is 16.6. The van der Waals surface area contributed by atoms with Crippen LogP contribution in [0, 0.1) is 0 Å². The van der Waals surface area contributed by atoms with Crippen molar-refractivity contribution in [3.8, 4) is 0 Å². The van der Waals surface area contributed by atoms with E-state index in [0.717, 1.165) is 16.5 Å². The van der Waals surface area contributed by atoms with Gasteiger partial charge in [0.2, 0.25) is 5.91 Å². The maximum Gasteiger partial charge on any atom is 0.272 e. The fourth-order valence-corrected chi connectivity index (χ4v) is 4.42. The van der Waals surface area contributed by atoms with Crippen molar-refractivity contribution in [1.82, 2.24) is 20.5 Å². The van der Waals surface area contributed by atoms with Crippen LogP contribution in [0.15, 0.2) is 71.8 Å². The van der Waals surface area contributed by atoms with Gasteiger partial charge in [0.1, 0.15) is 5.54 Å². The number of nitrogens with two attached hydrogens (primary N) is 1. The molecule has 0 radical (unpaired) electrons. The van der Waals surface area contributed by atoms with E-state index in [1.807, 2.05) is 48.5 Å². The molecule has 4 aromatic rings. The van der Waals surface area contributed by atoms with E-state index in [0.29, 0.717) is 28.9 Å². The van der Waals surface area contributed by atoms with E-state index < -0.39 is 11.4 Å².